The van der Waals surface area contributed by atoms with E-state index in [1.807, 2.05) is 0 Å². The van der Waals surface area contributed by atoms with Crippen molar-refractivity contribution in [2.75, 3.05) is 4.90 Å². The fourth-order valence-electron chi connectivity index (χ4n) is 6.23. The smallest absolute Gasteiger partial charge is 0.0781 e. The molecule has 0 aliphatic carbocycles. The van der Waals surface area contributed by atoms with Crippen LogP contribution in [0.1, 0.15) is 141 Å². The highest BCUT2D eigenvalue weighted by atomic mass is 15.4. The Balaban J connectivity index is 1.60. The average Bonchev–Trinajstić information content (AvgIpc) is 3.56. The van der Waals surface area contributed by atoms with Crippen LogP contribution in [0.15, 0.2) is 60.7 Å². The van der Waals surface area contributed by atoms with Gasteiger partial charge in [-0.2, -0.15) is 0 Å². The molecule has 1 nitrogen and oxygen atoms in total. The minimum Gasteiger partial charge on any atom is -0.354 e. The zero-order chi connectivity index (χ0) is 24.6. The van der Waals surface area contributed by atoms with Crippen LogP contribution in [-0.2, 0) is 0 Å². The van der Waals surface area contributed by atoms with Gasteiger partial charge in [0.15, 0.2) is 0 Å². The molecule has 194 valence electrons. The summed E-state index contributed by atoms with van der Waals surface area (Å²) in [5, 5.41) is 0. The van der Waals surface area contributed by atoms with Crippen molar-refractivity contribution in [2.24, 2.45) is 0 Å². The second-order valence-corrected chi connectivity index (χ2v) is 11.1. The van der Waals surface area contributed by atoms with Crippen LogP contribution in [-0.4, -0.2) is 5.54 Å². The molecule has 35 heavy (non-hydrogen) atoms. The Morgan fingerprint density at radius 2 is 0.914 bits per heavy atom. The van der Waals surface area contributed by atoms with Gasteiger partial charge in [-0.3, -0.25) is 0 Å². The molecule has 0 bridgehead atoms. The molecule has 1 saturated heterocycles. The van der Waals surface area contributed by atoms with Crippen LogP contribution >= 0.6 is 0 Å². The van der Waals surface area contributed by atoms with Gasteiger partial charge in [0.25, 0.3) is 0 Å². The average molecular weight is 476 g/mol. The number of nitrogens with zero attached hydrogens (tertiary/aromatic N) is 1. The molecule has 0 unspecified atom stereocenters. The molecule has 1 heterocycles. The molecule has 0 saturated carbocycles. The molecule has 2 aromatic rings. The molecule has 2 aromatic carbocycles. The largest absolute Gasteiger partial charge is 0.354 e. The van der Waals surface area contributed by atoms with E-state index in [9.17, 15) is 0 Å². The minimum absolute atomic E-state index is 0.313. The van der Waals surface area contributed by atoms with Crippen LogP contribution in [0.25, 0.3) is 0 Å². The van der Waals surface area contributed by atoms with E-state index in [2.05, 4.69) is 79.4 Å². The van der Waals surface area contributed by atoms with Gasteiger partial charge in [-0.25, -0.2) is 0 Å². The molecule has 0 radical (unpaired) electrons. The van der Waals surface area contributed by atoms with Crippen LogP contribution in [0.2, 0.25) is 0 Å². The monoisotopic (exact) mass is 475 g/mol. The first-order valence-corrected chi connectivity index (χ1v) is 15.2. The molecular weight excluding hydrogens is 422 g/mol. The molecule has 1 aliphatic heterocycles. The molecular formula is C34H53N. The minimum atomic E-state index is 0.313. The lowest BCUT2D eigenvalue weighted by Crippen LogP contribution is -2.19. The summed E-state index contributed by atoms with van der Waals surface area (Å²) >= 11 is 0. The summed E-state index contributed by atoms with van der Waals surface area (Å²) in [6.45, 7) is 4.62. The molecule has 0 spiro atoms. The summed E-state index contributed by atoms with van der Waals surface area (Å²) in [7, 11) is 0. The fraction of sp³-hybridized carbons (Fsp3) is 0.647. The van der Waals surface area contributed by atoms with Gasteiger partial charge < -0.3 is 4.90 Å². The number of benzene rings is 2. The van der Waals surface area contributed by atoms with Gasteiger partial charge in [0.2, 0.25) is 0 Å². The lowest BCUT2D eigenvalue weighted by atomic mass is 9.88. The number of hydrogen-bond donors (Lipinski definition) is 0. The Kier molecular flexibility index (Phi) is 12.8. The predicted molar refractivity (Wildman–Crippen MR) is 155 cm³/mol. The van der Waals surface area contributed by atoms with E-state index >= 15 is 0 Å². The third-order valence-electron chi connectivity index (χ3n) is 8.26. The van der Waals surface area contributed by atoms with E-state index in [0.29, 0.717) is 11.6 Å². The van der Waals surface area contributed by atoms with Crippen molar-refractivity contribution in [3.63, 3.8) is 0 Å². The molecule has 0 N–H and O–H groups in total. The van der Waals surface area contributed by atoms with Crippen molar-refractivity contribution in [3.8, 4) is 0 Å². The SMILES string of the molecule is CCCCCCCCCCC1(CCCCCCCCCC)[C@@H](c2ccccc2)N1c1ccccc1. The predicted octanol–water partition coefficient (Wildman–Crippen LogP) is 11.0. The van der Waals surface area contributed by atoms with Crippen LogP contribution in [0.3, 0.4) is 0 Å². The van der Waals surface area contributed by atoms with E-state index in [1.165, 1.54) is 127 Å². The second kappa shape index (κ2) is 16.1. The highest BCUT2D eigenvalue weighted by Crippen LogP contribution is 2.60. The zero-order valence-corrected chi connectivity index (χ0v) is 23.0. The number of unbranched alkanes of at least 4 members (excludes halogenated alkanes) is 14. The van der Waals surface area contributed by atoms with Crippen molar-refractivity contribution in [2.45, 2.75) is 141 Å². The van der Waals surface area contributed by atoms with Crippen molar-refractivity contribution >= 4 is 5.69 Å². The maximum Gasteiger partial charge on any atom is 0.0781 e. The van der Waals surface area contributed by atoms with E-state index in [0.717, 1.165) is 0 Å². The summed E-state index contributed by atoms with van der Waals surface area (Å²) in [6, 6.07) is 23.1. The topological polar surface area (TPSA) is 3.01 Å². The molecule has 0 aromatic heterocycles. The van der Waals surface area contributed by atoms with Crippen LogP contribution in [0, 0.1) is 0 Å². The summed E-state index contributed by atoms with van der Waals surface area (Å²) in [5.74, 6) is 0. The molecule has 1 heteroatoms. The van der Waals surface area contributed by atoms with Crippen molar-refractivity contribution < 1.29 is 0 Å². The molecule has 1 aliphatic rings. The van der Waals surface area contributed by atoms with Gasteiger partial charge in [0.1, 0.15) is 0 Å². The summed E-state index contributed by atoms with van der Waals surface area (Å²) in [6.07, 6.45) is 25.1. The zero-order valence-electron chi connectivity index (χ0n) is 23.0. The molecule has 0 amide bonds. The first-order chi connectivity index (χ1) is 17.3. The van der Waals surface area contributed by atoms with Crippen molar-refractivity contribution in [3.05, 3.63) is 66.2 Å². The van der Waals surface area contributed by atoms with Gasteiger partial charge in [-0.1, -0.05) is 165 Å². The van der Waals surface area contributed by atoms with Gasteiger partial charge in [-0.05, 0) is 30.5 Å². The Morgan fingerprint density at radius 1 is 0.514 bits per heavy atom. The number of para-hydroxylation sites is 1. The normalized spacial score (nSPS) is 16.5. The van der Waals surface area contributed by atoms with Gasteiger partial charge in [0, 0.05) is 5.69 Å². The lowest BCUT2D eigenvalue weighted by molar-refractivity contribution is 0.451. The summed E-state index contributed by atoms with van der Waals surface area (Å²) in [5.41, 5.74) is 3.24. The fourth-order valence-corrected chi connectivity index (χ4v) is 6.23. The first-order valence-electron chi connectivity index (χ1n) is 15.2. The van der Waals surface area contributed by atoms with Crippen LogP contribution in [0.4, 0.5) is 5.69 Å². The molecule has 1 atom stereocenters. The summed E-state index contributed by atoms with van der Waals surface area (Å²) < 4.78 is 0. The highest BCUT2D eigenvalue weighted by molar-refractivity contribution is 5.63. The maximum atomic E-state index is 2.78. The quantitative estimate of drug-likeness (QED) is 0.136. The van der Waals surface area contributed by atoms with E-state index in [-0.39, 0.29) is 0 Å². The Morgan fingerprint density at radius 3 is 1.37 bits per heavy atom. The number of rotatable bonds is 20. The van der Waals surface area contributed by atoms with E-state index in [1.54, 1.807) is 0 Å². The van der Waals surface area contributed by atoms with Crippen molar-refractivity contribution in [1.29, 1.82) is 0 Å². The highest BCUT2D eigenvalue weighted by Gasteiger charge is 2.61. The Bertz CT molecular complexity index is 700. The standard InChI is InChI=1S/C34H53N/c1-3-5-7-9-11-13-15-23-29-34(30-24-16-14-12-10-8-6-4-2)33(31-25-19-17-20-26-31)35(34)32-27-21-18-22-28-32/h17-22,25-28,33H,3-16,23-24,29-30H2,1-2H3/t33-,35?/m1/s1. The van der Waals surface area contributed by atoms with Gasteiger partial charge in [0.05, 0.1) is 11.6 Å². The Hall–Kier alpha value is -1.76. The van der Waals surface area contributed by atoms with Crippen LogP contribution < -0.4 is 4.90 Å². The van der Waals surface area contributed by atoms with Gasteiger partial charge in [-0.15, -0.1) is 0 Å². The van der Waals surface area contributed by atoms with Gasteiger partial charge >= 0.3 is 0 Å². The van der Waals surface area contributed by atoms with E-state index < -0.39 is 0 Å². The third kappa shape index (κ3) is 8.69. The third-order valence-corrected chi connectivity index (χ3v) is 8.26. The summed E-state index contributed by atoms with van der Waals surface area (Å²) in [4.78, 5) is 2.78. The molecule has 3 rings (SSSR count). The van der Waals surface area contributed by atoms with E-state index in [4.69, 9.17) is 0 Å². The lowest BCUT2D eigenvalue weighted by Gasteiger charge is -2.19. The number of anilines is 1. The van der Waals surface area contributed by atoms with Crippen LogP contribution in [0.5, 0.6) is 0 Å². The van der Waals surface area contributed by atoms with Crippen molar-refractivity contribution in [1.82, 2.24) is 0 Å². The second-order valence-electron chi connectivity index (χ2n) is 11.1. The molecule has 1 fully saturated rings. The Labute approximate surface area is 217 Å². The maximum absolute atomic E-state index is 2.78. The first kappa shape index (κ1) is 27.8. The number of hydrogen-bond acceptors (Lipinski definition) is 1.